The summed E-state index contributed by atoms with van der Waals surface area (Å²) in [6, 6.07) is 15.0. The monoisotopic (exact) mass is 598 g/mol. The summed E-state index contributed by atoms with van der Waals surface area (Å²) < 4.78 is 35.3. The van der Waals surface area contributed by atoms with Gasteiger partial charge in [-0.3, -0.25) is 13.9 Å². The van der Waals surface area contributed by atoms with Crippen LogP contribution in [-0.4, -0.2) is 60.3 Å². The number of carbonyl (C=O) groups excluding carboxylic acids is 1. The number of carboxylic acid groups (broad SMARTS) is 1. The number of ether oxygens (including phenoxy) is 1. The van der Waals surface area contributed by atoms with Gasteiger partial charge in [-0.1, -0.05) is 60.7 Å². The Labute approximate surface area is 246 Å². The molecule has 3 fully saturated rings. The largest absolute Gasteiger partial charge is 0.481 e. The molecule has 3 aliphatic rings. The molecule has 0 spiro atoms. The highest BCUT2D eigenvalue weighted by Crippen LogP contribution is 2.46. The molecule has 0 unspecified atom stereocenters. The molecule has 1 heterocycles. The van der Waals surface area contributed by atoms with Crippen molar-refractivity contribution in [3.05, 3.63) is 89.5 Å². The number of allylic oxidation sites excluding steroid dienone is 1. The number of morpholine rings is 1. The number of rotatable bonds is 12. The summed E-state index contributed by atoms with van der Waals surface area (Å²) >= 11 is 6.22. The van der Waals surface area contributed by atoms with Gasteiger partial charge in [-0.05, 0) is 73.9 Å². The molecule has 41 heavy (non-hydrogen) atoms. The quantitative estimate of drug-likeness (QED) is 0.330. The Morgan fingerprint density at radius 1 is 1.15 bits per heavy atom. The number of benzene rings is 2. The van der Waals surface area contributed by atoms with Crippen LogP contribution in [0, 0.1) is 5.92 Å². The highest BCUT2D eigenvalue weighted by molar-refractivity contribution is 7.93. The van der Waals surface area contributed by atoms with Gasteiger partial charge in [0.2, 0.25) is 10.0 Å². The van der Waals surface area contributed by atoms with Gasteiger partial charge >= 0.3 is 5.97 Å². The van der Waals surface area contributed by atoms with E-state index in [4.69, 9.17) is 16.3 Å². The van der Waals surface area contributed by atoms with Crippen molar-refractivity contribution in [3.63, 3.8) is 0 Å². The van der Waals surface area contributed by atoms with Crippen LogP contribution >= 0.6 is 11.6 Å². The van der Waals surface area contributed by atoms with Crippen LogP contribution in [0.15, 0.2) is 78.9 Å². The first-order chi connectivity index (χ1) is 19.6. The van der Waals surface area contributed by atoms with Crippen LogP contribution in [0.1, 0.15) is 50.6 Å². The Balaban J connectivity index is 1.64. The van der Waals surface area contributed by atoms with Gasteiger partial charge in [-0.25, -0.2) is 8.42 Å². The van der Waals surface area contributed by atoms with Gasteiger partial charge < -0.3 is 14.7 Å². The number of hydrogen-bond acceptors (Lipinski definition) is 5. The minimum Gasteiger partial charge on any atom is -0.481 e. The van der Waals surface area contributed by atoms with E-state index in [0.717, 1.165) is 18.4 Å². The van der Waals surface area contributed by atoms with Crippen LogP contribution in [-0.2, 0) is 24.3 Å². The predicted octanol–water partition coefficient (Wildman–Crippen LogP) is 5.36. The molecule has 2 aromatic rings. The molecule has 1 N–H and O–H groups in total. The molecule has 2 saturated carbocycles. The van der Waals surface area contributed by atoms with Crippen molar-refractivity contribution in [3.8, 4) is 0 Å². The highest BCUT2D eigenvalue weighted by atomic mass is 35.5. The van der Waals surface area contributed by atoms with Gasteiger partial charge in [0.15, 0.2) is 0 Å². The molecule has 4 atom stereocenters. The molecule has 10 heteroatoms. The van der Waals surface area contributed by atoms with Crippen molar-refractivity contribution in [1.82, 2.24) is 4.90 Å². The summed E-state index contributed by atoms with van der Waals surface area (Å²) in [5.41, 5.74) is 2.01. The first-order valence-corrected chi connectivity index (χ1v) is 15.8. The van der Waals surface area contributed by atoms with E-state index >= 15 is 0 Å². The fourth-order valence-corrected chi connectivity index (χ4v) is 7.68. The lowest BCUT2D eigenvalue weighted by Crippen LogP contribution is -2.61. The number of hydrogen-bond donors (Lipinski definition) is 1. The first kappa shape index (κ1) is 29.4. The summed E-state index contributed by atoms with van der Waals surface area (Å²) in [6.07, 6.45) is 3.92. The second-order valence-corrected chi connectivity index (χ2v) is 13.5. The molecule has 0 bridgehead atoms. The van der Waals surface area contributed by atoms with E-state index in [-0.39, 0.29) is 12.5 Å². The fourth-order valence-electron chi connectivity index (χ4n) is 5.69. The molecule has 5 rings (SSSR count). The molecule has 0 aromatic heterocycles. The average Bonchev–Trinajstić information content (AvgIpc) is 3.86. The minimum atomic E-state index is -3.67. The van der Waals surface area contributed by atoms with Gasteiger partial charge in [0.25, 0.3) is 5.91 Å². The van der Waals surface area contributed by atoms with E-state index in [9.17, 15) is 23.1 Å². The second-order valence-electron chi connectivity index (χ2n) is 10.9. The van der Waals surface area contributed by atoms with Gasteiger partial charge in [0.1, 0.15) is 12.2 Å². The smallest absolute Gasteiger partial charge is 0.306 e. The normalized spacial score (nSPS) is 24.1. The third kappa shape index (κ3) is 6.22. The maximum absolute atomic E-state index is 14.2. The van der Waals surface area contributed by atoms with Crippen LogP contribution in [0.3, 0.4) is 0 Å². The van der Waals surface area contributed by atoms with Crippen molar-refractivity contribution >= 4 is 39.2 Å². The molecule has 1 amide bonds. The molecule has 218 valence electrons. The zero-order valence-corrected chi connectivity index (χ0v) is 24.5. The molecule has 1 aliphatic heterocycles. The third-order valence-corrected chi connectivity index (χ3v) is 10.6. The Bertz CT molecular complexity index is 1420. The Kier molecular flexibility index (Phi) is 8.59. The zero-order chi connectivity index (χ0) is 29.3. The number of carbonyl (C=O) groups is 2. The fraction of sp³-hybridized carbons (Fsp3) is 0.419. The summed E-state index contributed by atoms with van der Waals surface area (Å²) in [6.45, 7) is 5.84. The SMILES string of the molecule is C=C/C(=C\C)[C@H]1O[C@H](CC(=O)O)C(=O)N([C@H](CN(c2ccccc2)S(=O)(=O)C2CC2)C2CC2)[C@@H]1c1ccc(Cl)cc1. The molecule has 2 aliphatic carbocycles. The van der Waals surface area contributed by atoms with E-state index in [1.54, 1.807) is 47.4 Å². The topological polar surface area (TPSA) is 104 Å². The number of para-hydroxylation sites is 1. The lowest BCUT2D eigenvalue weighted by Gasteiger charge is -2.49. The summed E-state index contributed by atoms with van der Waals surface area (Å²) in [5, 5.41) is 9.75. The number of aliphatic carboxylic acids is 1. The van der Waals surface area contributed by atoms with Crippen molar-refractivity contribution < 1.29 is 27.9 Å². The zero-order valence-electron chi connectivity index (χ0n) is 22.9. The Morgan fingerprint density at radius 2 is 1.80 bits per heavy atom. The van der Waals surface area contributed by atoms with E-state index < -0.39 is 57.9 Å². The number of anilines is 1. The maximum Gasteiger partial charge on any atom is 0.306 e. The molecular weight excluding hydrogens is 564 g/mol. The second kappa shape index (κ2) is 12.0. The van der Waals surface area contributed by atoms with Crippen LogP contribution in [0.2, 0.25) is 5.02 Å². The number of sulfonamides is 1. The molecule has 0 radical (unpaired) electrons. The standard InChI is InChI=1S/C31H35ClN2O6S/c1-3-20(4-2)30-29(22-12-14-23(32)15-13-22)34(31(37)27(40-30)18-28(35)36)26(21-10-11-21)19-33(24-8-6-5-7-9-24)41(38,39)25-16-17-25/h3-9,12-15,21,25-27,29-30H,1,10-11,16-19H2,2H3,(H,35,36)/b20-4+/t26-,27-,29-,30-/m1/s1. The van der Waals surface area contributed by atoms with E-state index in [2.05, 4.69) is 6.58 Å². The van der Waals surface area contributed by atoms with Crippen LogP contribution in [0.25, 0.3) is 0 Å². The number of carboxylic acids is 1. The summed E-state index contributed by atoms with van der Waals surface area (Å²) in [7, 11) is -3.67. The Morgan fingerprint density at radius 3 is 2.34 bits per heavy atom. The van der Waals surface area contributed by atoms with Crippen molar-refractivity contribution in [2.45, 2.75) is 68.6 Å². The lowest BCUT2D eigenvalue weighted by molar-refractivity contribution is -0.178. The van der Waals surface area contributed by atoms with E-state index in [0.29, 0.717) is 29.1 Å². The number of nitrogens with zero attached hydrogens (tertiary/aromatic N) is 2. The number of amides is 1. The van der Waals surface area contributed by atoms with Gasteiger partial charge in [0.05, 0.1) is 36.0 Å². The third-order valence-electron chi connectivity index (χ3n) is 8.07. The van der Waals surface area contributed by atoms with Crippen LogP contribution < -0.4 is 4.31 Å². The van der Waals surface area contributed by atoms with Crippen LogP contribution in [0.5, 0.6) is 0 Å². The molecule has 8 nitrogen and oxygen atoms in total. The molecular formula is C31H35ClN2O6S. The van der Waals surface area contributed by atoms with E-state index in [1.165, 1.54) is 4.31 Å². The van der Waals surface area contributed by atoms with E-state index in [1.807, 2.05) is 31.2 Å². The minimum absolute atomic E-state index is 0.0522. The summed E-state index contributed by atoms with van der Waals surface area (Å²) in [4.78, 5) is 27.8. The van der Waals surface area contributed by atoms with Crippen molar-refractivity contribution in [2.24, 2.45) is 5.92 Å². The van der Waals surface area contributed by atoms with Gasteiger partial charge in [-0.2, -0.15) is 0 Å². The first-order valence-electron chi connectivity index (χ1n) is 14.0. The highest BCUT2D eigenvalue weighted by Gasteiger charge is 2.52. The van der Waals surface area contributed by atoms with Gasteiger partial charge in [-0.15, -0.1) is 0 Å². The predicted molar refractivity (Wildman–Crippen MR) is 158 cm³/mol. The van der Waals surface area contributed by atoms with Crippen LogP contribution in [0.4, 0.5) is 5.69 Å². The Hall–Kier alpha value is -3.14. The van der Waals surface area contributed by atoms with Crippen molar-refractivity contribution in [1.29, 1.82) is 0 Å². The summed E-state index contributed by atoms with van der Waals surface area (Å²) in [5.74, 6) is -1.56. The average molecular weight is 599 g/mol. The number of halogens is 1. The maximum atomic E-state index is 14.2. The molecule has 1 saturated heterocycles. The molecule has 2 aromatic carbocycles. The van der Waals surface area contributed by atoms with Crippen molar-refractivity contribution in [2.75, 3.05) is 10.8 Å². The lowest BCUT2D eigenvalue weighted by atomic mass is 9.88. The van der Waals surface area contributed by atoms with Gasteiger partial charge in [0, 0.05) is 5.02 Å².